The molecule has 0 saturated carbocycles. The summed E-state index contributed by atoms with van der Waals surface area (Å²) in [7, 11) is 0. The number of aliphatic hydroxyl groups excluding tert-OH is 3. The third-order valence-electron chi connectivity index (χ3n) is 6.89. The van der Waals surface area contributed by atoms with E-state index >= 15 is 0 Å². The zero-order chi connectivity index (χ0) is 25.7. The molecule has 1 aliphatic rings. The number of carbonyl (C=O) groups is 1. The SMILES string of the molecule is CCCCCCCCCCCCCCCCCCCC(=O)OC[C@H]1OC(OCC)[C@H](O)[C@@H](O)[C@@H]1O. The summed E-state index contributed by atoms with van der Waals surface area (Å²) >= 11 is 0. The number of rotatable bonds is 22. The molecule has 3 N–H and O–H groups in total. The molecule has 208 valence electrons. The highest BCUT2D eigenvalue weighted by Gasteiger charge is 2.44. The number of hydrogen-bond donors (Lipinski definition) is 3. The quantitative estimate of drug-likeness (QED) is 0.134. The van der Waals surface area contributed by atoms with Crippen LogP contribution >= 0.6 is 0 Å². The fourth-order valence-corrected chi connectivity index (χ4v) is 4.60. The van der Waals surface area contributed by atoms with Gasteiger partial charge in [-0.1, -0.05) is 110 Å². The summed E-state index contributed by atoms with van der Waals surface area (Å²) in [6, 6.07) is 0. The molecule has 1 heterocycles. The zero-order valence-corrected chi connectivity index (χ0v) is 22.5. The van der Waals surface area contributed by atoms with Gasteiger partial charge >= 0.3 is 5.97 Å². The van der Waals surface area contributed by atoms with Crippen molar-refractivity contribution in [2.24, 2.45) is 0 Å². The lowest BCUT2D eigenvalue weighted by Crippen LogP contribution is -2.59. The summed E-state index contributed by atoms with van der Waals surface area (Å²) in [4.78, 5) is 12.0. The van der Waals surface area contributed by atoms with Crippen LogP contribution in [0.25, 0.3) is 0 Å². The summed E-state index contributed by atoms with van der Waals surface area (Å²) in [6.07, 6.45) is 16.3. The normalized spacial score (nSPS) is 24.5. The standard InChI is InChI=1S/C28H54O7/c1-3-5-6-7-8-9-10-11-12-13-14-15-16-17-18-19-20-21-24(29)34-22-23-25(30)26(31)27(32)28(35-23)33-4-2/h23,25-28,30-32H,3-22H2,1-2H3/t23-,25-,26+,27-,28?/m1/s1. The van der Waals surface area contributed by atoms with Crippen LogP contribution in [-0.2, 0) is 19.0 Å². The molecule has 1 saturated heterocycles. The highest BCUT2D eigenvalue weighted by molar-refractivity contribution is 5.69. The molecule has 0 aromatic carbocycles. The molecule has 7 nitrogen and oxygen atoms in total. The first-order valence-electron chi connectivity index (χ1n) is 14.5. The number of carbonyl (C=O) groups excluding carboxylic acids is 1. The Morgan fingerprint density at radius 3 is 1.57 bits per heavy atom. The third kappa shape index (κ3) is 15.2. The maximum atomic E-state index is 12.0. The molecule has 0 aromatic heterocycles. The van der Waals surface area contributed by atoms with Gasteiger partial charge in [0.05, 0.1) is 0 Å². The van der Waals surface area contributed by atoms with Crippen LogP contribution in [0.1, 0.15) is 129 Å². The van der Waals surface area contributed by atoms with Crippen molar-refractivity contribution in [3.05, 3.63) is 0 Å². The number of hydrogen-bond acceptors (Lipinski definition) is 7. The second-order valence-corrected chi connectivity index (χ2v) is 10.1. The van der Waals surface area contributed by atoms with Crippen LogP contribution < -0.4 is 0 Å². The monoisotopic (exact) mass is 502 g/mol. The van der Waals surface area contributed by atoms with Crippen molar-refractivity contribution < 1.29 is 34.3 Å². The van der Waals surface area contributed by atoms with Gasteiger partial charge in [-0.05, 0) is 13.3 Å². The van der Waals surface area contributed by atoms with Gasteiger partial charge in [0.25, 0.3) is 0 Å². The van der Waals surface area contributed by atoms with Crippen molar-refractivity contribution >= 4 is 5.97 Å². The van der Waals surface area contributed by atoms with E-state index < -0.39 is 30.7 Å². The second kappa shape index (κ2) is 21.4. The van der Waals surface area contributed by atoms with E-state index in [1.54, 1.807) is 6.92 Å². The largest absolute Gasteiger partial charge is 0.463 e. The lowest BCUT2D eigenvalue weighted by molar-refractivity contribution is -0.300. The minimum Gasteiger partial charge on any atom is -0.463 e. The number of aliphatic hydroxyl groups is 3. The van der Waals surface area contributed by atoms with Crippen molar-refractivity contribution in [1.82, 2.24) is 0 Å². The molecular formula is C28H54O7. The van der Waals surface area contributed by atoms with Gasteiger partial charge in [-0.3, -0.25) is 4.79 Å². The van der Waals surface area contributed by atoms with E-state index in [0.29, 0.717) is 6.42 Å². The van der Waals surface area contributed by atoms with Gasteiger partial charge < -0.3 is 29.5 Å². The molecule has 1 rings (SSSR count). The highest BCUT2D eigenvalue weighted by Crippen LogP contribution is 2.22. The Morgan fingerprint density at radius 1 is 0.657 bits per heavy atom. The average Bonchev–Trinajstić information content (AvgIpc) is 2.85. The fourth-order valence-electron chi connectivity index (χ4n) is 4.60. The van der Waals surface area contributed by atoms with E-state index in [1.165, 1.54) is 89.9 Å². The van der Waals surface area contributed by atoms with Gasteiger partial charge in [0.15, 0.2) is 6.29 Å². The lowest BCUT2D eigenvalue weighted by Gasteiger charge is -2.39. The van der Waals surface area contributed by atoms with Gasteiger partial charge in [-0.15, -0.1) is 0 Å². The van der Waals surface area contributed by atoms with Crippen molar-refractivity contribution in [1.29, 1.82) is 0 Å². The minimum absolute atomic E-state index is 0.174. The van der Waals surface area contributed by atoms with Gasteiger partial charge in [-0.25, -0.2) is 0 Å². The maximum Gasteiger partial charge on any atom is 0.305 e. The van der Waals surface area contributed by atoms with Crippen LogP contribution in [0.15, 0.2) is 0 Å². The summed E-state index contributed by atoms with van der Waals surface area (Å²) in [5.74, 6) is -0.338. The fraction of sp³-hybridized carbons (Fsp3) is 0.964. The molecule has 1 aliphatic heterocycles. The third-order valence-corrected chi connectivity index (χ3v) is 6.89. The van der Waals surface area contributed by atoms with E-state index in [9.17, 15) is 20.1 Å². The highest BCUT2D eigenvalue weighted by atomic mass is 16.7. The molecule has 0 radical (unpaired) electrons. The Morgan fingerprint density at radius 2 is 1.11 bits per heavy atom. The van der Waals surface area contributed by atoms with Gasteiger partial charge in [0, 0.05) is 13.0 Å². The first kappa shape index (κ1) is 32.3. The van der Waals surface area contributed by atoms with Crippen molar-refractivity contribution in [2.75, 3.05) is 13.2 Å². The van der Waals surface area contributed by atoms with Crippen LogP contribution in [-0.4, -0.2) is 65.2 Å². The number of ether oxygens (including phenoxy) is 3. The molecular weight excluding hydrogens is 448 g/mol. The van der Waals surface area contributed by atoms with Crippen molar-refractivity contribution in [2.45, 2.75) is 160 Å². The van der Waals surface area contributed by atoms with Crippen molar-refractivity contribution in [3.63, 3.8) is 0 Å². The first-order chi connectivity index (χ1) is 17.0. The van der Waals surface area contributed by atoms with Gasteiger partial charge in [0.2, 0.25) is 0 Å². The zero-order valence-electron chi connectivity index (χ0n) is 22.5. The van der Waals surface area contributed by atoms with Crippen molar-refractivity contribution in [3.8, 4) is 0 Å². The van der Waals surface area contributed by atoms with Crippen LogP contribution in [0.2, 0.25) is 0 Å². The Labute approximate surface area is 213 Å². The summed E-state index contributed by atoms with van der Waals surface area (Å²) in [5, 5.41) is 29.9. The van der Waals surface area contributed by atoms with Gasteiger partial charge in [-0.2, -0.15) is 0 Å². The molecule has 0 aromatic rings. The minimum atomic E-state index is -1.41. The van der Waals surface area contributed by atoms with E-state index in [-0.39, 0.29) is 19.2 Å². The Balaban J connectivity index is 1.91. The average molecular weight is 503 g/mol. The van der Waals surface area contributed by atoms with E-state index in [4.69, 9.17) is 14.2 Å². The first-order valence-corrected chi connectivity index (χ1v) is 14.5. The molecule has 0 aliphatic carbocycles. The molecule has 0 spiro atoms. The molecule has 1 unspecified atom stereocenters. The Bertz CT molecular complexity index is 502. The van der Waals surface area contributed by atoms with E-state index in [0.717, 1.165) is 19.3 Å². The molecule has 1 fully saturated rings. The predicted molar refractivity (Wildman–Crippen MR) is 138 cm³/mol. The molecule has 5 atom stereocenters. The lowest BCUT2D eigenvalue weighted by atomic mass is 9.99. The molecule has 7 heteroatoms. The molecule has 0 bridgehead atoms. The maximum absolute atomic E-state index is 12.0. The summed E-state index contributed by atoms with van der Waals surface area (Å²) in [6.45, 7) is 4.12. The van der Waals surface area contributed by atoms with Crippen LogP contribution in [0, 0.1) is 0 Å². The topological polar surface area (TPSA) is 105 Å². The van der Waals surface area contributed by atoms with Crippen LogP contribution in [0.3, 0.4) is 0 Å². The van der Waals surface area contributed by atoms with E-state index in [2.05, 4.69) is 6.92 Å². The number of unbranched alkanes of at least 4 members (excludes halogenated alkanes) is 16. The van der Waals surface area contributed by atoms with Crippen LogP contribution in [0.4, 0.5) is 0 Å². The molecule has 35 heavy (non-hydrogen) atoms. The summed E-state index contributed by atoms with van der Waals surface area (Å²) in [5.41, 5.74) is 0. The Hall–Kier alpha value is -0.730. The smallest absolute Gasteiger partial charge is 0.305 e. The second-order valence-electron chi connectivity index (χ2n) is 10.1. The van der Waals surface area contributed by atoms with E-state index in [1.807, 2.05) is 0 Å². The Kier molecular flexibility index (Phi) is 19.7. The van der Waals surface area contributed by atoms with Gasteiger partial charge in [0.1, 0.15) is 31.0 Å². The number of esters is 1. The van der Waals surface area contributed by atoms with Crippen LogP contribution in [0.5, 0.6) is 0 Å². The predicted octanol–water partition coefficient (Wildman–Crippen LogP) is 5.42. The molecule has 0 amide bonds. The summed E-state index contributed by atoms with van der Waals surface area (Å²) < 4.78 is 15.9.